The fourth-order valence-corrected chi connectivity index (χ4v) is 3.55. The van der Waals surface area contributed by atoms with Gasteiger partial charge in [-0.05, 0) is 30.9 Å². The first kappa shape index (κ1) is 20.7. The van der Waals surface area contributed by atoms with Gasteiger partial charge in [0, 0.05) is 43.7 Å². The molecule has 5 nitrogen and oxygen atoms in total. The monoisotopic (exact) mass is 396 g/mol. The molecule has 2 aliphatic heterocycles. The van der Waals surface area contributed by atoms with Crippen molar-refractivity contribution in [2.75, 3.05) is 19.6 Å². The fourth-order valence-electron chi connectivity index (χ4n) is 3.55. The van der Waals surface area contributed by atoms with Gasteiger partial charge in [0.1, 0.15) is 5.82 Å². The van der Waals surface area contributed by atoms with Gasteiger partial charge in [-0.1, -0.05) is 19.1 Å². The molecule has 0 radical (unpaired) electrons. The Balaban J connectivity index is 0.00000121. The number of carbonyl (C=O) groups excluding carboxylic acids is 1. The second kappa shape index (κ2) is 8.89. The molecule has 1 amide bonds. The number of nitrogens with one attached hydrogen (secondary N) is 2. The fraction of sp³-hybridized carbons (Fsp3) is 0.474. The van der Waals surface area contributed by atoms with E-state index in [2.05, 4.69) is 17.2 Å². The van der Waals surface area contributed by atoms with Crippen LogP contribution in [0.5, 0.6) is 0 Å². The van der Waals surface area contributed by atoms with Gasteiger partial charge in [0.25, 0.3) is 5.91 Å². The minimum Gasteiger partial charge on any atom is -0.341 e. The number of halogens is 2. The highest BCUT2D eigenvalue weighted by molar-refractivity contribution is 5.95. The summed E-state index contributed by atoms with van der Waals surface area (Å²) in [6, 6.07) is 7.86. The van der Waals surface area contributed by atoms with Crippen molar-refractivity contribution in [3.8, 4) is 11.4 Å². The zero-order valence-electron chi connectivity index (χ0n) is 15.0. The third-order valence-corrected chi connectivity index (χ3v) is 5.16. The second-order valence-corrected chi connectivity index (χ2v) is 6.99. The van der Waals surface area contributed by atoms with Crippen LogP contribution in [-0.4, -0.2) is 40.4 Å². The van der Waals surface area contributed by atoms with Gasteiger partial charge in [-0.25, -0.2) is 4.98 Å². The van der Waals surface area contributed by atoms with Crippen molar-refractivity contribution in [2.45, 2.75) is 32.7 Å². The molecule has 2 N–H and O–H groups in total. The topological polar surface area (TPSA) is 61.0 Å². The number of piperidine rings is 1. The second-order valence-electron chi connectivity index (χ2n) is 6.99. The summed E-state index contributed by atoms with van der Waals surface area (Å²) in [5.74, 6) is 1.73. The average Bonchev–Trinajstić information content (AvgIpc) is 3.06. The minimum atomic E-state index is 0. The summed E-state index contributed by atoms with van der Waals surface area (Å²) in [4.78, 5) is 22.9. The SMILES string of the molecule is CC1CCN(C(=O)c2cccc(-c3nc4c([nH]3)CNCC4)c2)CC1.Cl.Cl. The van der Waals surface area contributed by atoms with Crippen molar-refractivity contribution in [3.05, 3.63) is 41.2 Å². The predicted octanol–water partition coefficient (Wildman–Crippen LogP) is 3.44. The van der Waals surface area contributed by atoms with Crippen LogP contribution < -0.4 is 5.32 Å². The molecule has 1 aromatic carbocycles. The van der Waals surface area contributed by atoms with Crippen molar-refractivity contribution < 1.29 is 4.79 Å². The van der Waals surface area contributed by atoms with Crippen LogP contribution in [0, 0.1) is 5.92 Å². The Morgan fingerprint density at radius 2 is 2.00 bits per heavy atom. The summed E-state index contributed by atoms with van der Waals surface area (Å²) in [5, 5.41) is 3.35. The summed E-state index contributed by atoms with van der Waals surface area (Å²) < 4.78 is 0. The Labute approximate surface area is 166 Å². The number of rotatable bonds is 2. The van der Waals surface area contributed by atoms with Gasteiger partial charge in [-0.2, -0.15) is 0 Å². The van der Waals surface area contributed by atoms with Gasteiger partial charge in [-0.15, -0.1) is 24.8 Å². The highest BCUT2D eigenvalue weighted by Gasteiger charge is 2.22. The molecule has 0 spiro atoms. The lowest BCUT2D eigenvalue weighted by Gasteiger charge is -2.30. The first-order valence-corrected chi connectivity index (χ1v) is 8.89. The molecule has 7 heteroatoms. The van der Waals surface area contributed by atoms with Crippen LogP contribution in [0.25, 0.3) is 11.4 Å². The molecule has 1 aromatic heterocycles. The summed E-state index contributed by atoms with van der Waals surface area (Å²) in [6.45, 7) is 5.81. The molecule has 0 atom stereocenters. The average molecular weight is 397 g/mol. The number of aromatic nitrogens is 2. The smallest absolute Gasteiger partial charge is 0.253 e. The molecule has 0 aliphatic carbocycles. The predicted molar refractivity (Wildman–Crippen MR) is 108 cm³/mol. The van der Waals surface area contributed by atoms with E-state index in [1.165, 1.54) is 0 Å². The van der Waals surface area contributed by atoms with Crippen molar-refractivity contribution in [2.24, 2.45) is 5.92 Å². The van der Waals surface area contributed by atoms with Gasteiger partial charge >= 0.3 is 0 Å². The summed E-state index contributed by atoms with van der Waals surface area (Å²) >= 11 is 0. The van der Waals surface area contributed by atoms with Crippen molar-refractivity contribution in [3.63, 3.8) is 0 Å². The lowest BCUT2D eigenvalue weighted by molar-refractivity contribution is 0.0697. The maximum absolute atomic E-state index is 12.8. The number of imidazole rings is 1. The van der Waals surface area contributed by atoms with Gasteiger partial charge in [-0.3, -0.25) is 4.79 Å². The number of nitrogens with zero attached hydrogens (tertiary/aromatic N) is 2. The van der Waals surface area contributed by atoms with Crippen LogP contribution >= 0.6 is 24.8 Å². The van der Waals surface area contributed by atoms with Gasteiger partial charge in [0.05, 0.1) is 11.4 Å². The largest absolute Gasteiger partial charge is 0.341 e. The zero-order chi connectivity index (χ0) is 16.5. The number of carbonyl (C=O) groups is 1. The van der Waals surface area contributed by atoms with Gasteiger partial charge in [0.15, 0.2) is 0 Å². The number of aromatic amines is 1. The zero-order valence-corrected chi connectivity index (χ0v) is 16.6. The van der Waals surface area contributed by atoms with Crippen LogP contribution in [0.1, 0.15) is 41.5 Å². The van der Waals surface area contributed by atoms with E-state index in [0.717, 1.165) is 79.7 Å². The van der Waals surface area contributed by atoms with E-state index in [1.54, 1.807) is 0 Å². The van der Waals surface area contributed by atoms with E-state index in [0.29, 0.717) is 0 Å². The molecule has 0 saturated carbocycles. The Bertz CT molecular complexity index is 730. The molecule has 1 fully saturated rings. The van der Waals surface area contributed by atoms with Gasteiger partial charge in [0.2, 0.25) is 0 Å². The first-order valence-electron chi connectivity index (χ1n) is 8.89. The minimum absolute atomic E-state index is 0. The van der Waals surface area contributed by atoms with Crippen LogP contribution in [-0.2, 0) is 13.0 Å². The highest BCUT2D eigenvalue weighted by Crippen LogP contribution is 2.23. The van der Waals surface area contributed by atoms with E-state index >= 15 is 0 Å². The lowest BCUT2D eigenvalue weighted by atomic mass is 9.98. The molecule has 0 unspecified atom stereocenters. The number of likely N-dealkylation sites (tertiary alicyclic amines) is 1. The Hall–Kier alpha value is -1.56. The van der Waals surface area contributed by atoms with Crippen molar-refractivity contribution >= 4 is 30.7 Å². The molecule has 2 aromatic rings. The third-order valence-electron chi connectivity index (χ3n) is 5.16. The maximum Gasteiger partial charge on any atom is 0.253 e. The molecule has 0 bridgehead atoms. The molecular weight excluding hydrogens is 371 g/mol. The molecule has 3 heterocycles. The number of hydrogen-bond donors (Lipinski definition) is 2. The summed E-state index contributed by atoms with van der Waals surface area (Å²) in [7, 11) is 0. The molecule has 26 heavy (non-hydrogen) atoms. The standard InChI is InChI=1S/C19H24N4O.2ClH/c1-13-6-9-23(10-7-13)19(24)15-4-2-3-14(11-15)18-21-16-5-8-20-12-17(16)22-18;;/h2-4,11,13,20H,5-10,12H2,1H3,(H,21,22);2*1H. The highest BCUT2D eigenvalue weighted by atomic mass is 35.5. The van der Waals surface area contributed by atoms with E-state index < -0.39 is 0 Å². The Morgan fingerprint density at radius 3 is 2.73 bits per heavy atom. The van der Waals surface area contributed by atoms with Gasteiger partial charge < -0.3 is 15.2 Å². The Kier molecular flexibility index (Phi) is 7.09. The number of fused-ring (bicyclic) bond motifs is 1. The van der Waals surface area contributed by atoms with E-state index in [-0.39, 0.29) is 30.7 Å². The van der Waals surface area contributed by atoms with Crippen LogP contribution in [0.15, 0.2) is 24.3 Å². The van der Waals surface area contributed by atoms with E-state index in [9.17, 15) is 4.79 Å². The van der Waals surface area contributed by atoms with Crippen LogP contribution in [0.2, 0.25) is 0 Å². The number of hydrogen-bond acceptors (Lipinski definition) is 3. The molecule has 1 saturated heterocycles. The van der Waals surface area contributed by atoms with Crippen LogP contribution in [0.4, 0.5) is 0 Å². The number of benzene rings is 1. The number of amides is 1. The maximum atomic E-state index is 12.8. The Morgan fingerprint density at radius 1 is 1.23 bits per heavy atom. The first-order chi connectivity index (χ1) is 11.7. The molecule has 4 rings (SSSR count). The van der Waals surface area contributed by atoms with Crippen molar-refractivity contribution in [1.82, 2.24) is 20.2 Å². The van der Waals surface area contributed by atoms with Crippen LogP contribution in [0.3, 0.4) is 0 Å². The number of H-pyrrole nitrogens is 1. The summed E-state index contributed by atoms with van der Waals surface area (Å²) in [6.07, 6.45) is 3.16. The summed E-state index contributed by atoms with van der Waals surface area (Å²) in [5.41, 5.74) is 4.05. The van der Waals surface area contributed by atoms with E-state index in [4.69, 9.17) is 4.98 Å². The van der Waals surface area contributed by atoms with Crippen molar-refractivity contribution in [1.29, 1.82) is 0 Å². The normalized spacial score (nSPS) is 17.0. The lowest BCUT2D eigenvalue weighted by Crippen LogP contribution is -2.37. The van der Waals surface area contributed by atoms with E-state index in [1.807, 2.05) is 29.2 Å². The molecule has 2 aliphatic rings. The quantitative estimate of drug-likeness (QED) is 0.816. The molecular formula is C19H26Cl2N4O. The molecule has 142 valence electrons. The third kappa shape index (κ3) is 4.22.